The summed E-state index contributed by atoms with van der Waals surface area (Å²) >= 11 is 8.56. The second-order valence-electron chi connectivity index (χ2n) is 7.14. The van der Waals surface area contributed by atoms with E-state index in [2.05, 4.69) is 10.0 Å². The van der Waals surface area contributed by atoms with Crippen molar-refractivity contribution in [2.24, 2.45) is 5.10 Å². The number of benzene rings is 1. The van der Waals surface area contributed by atoms with Gasteiger partial charge in [0.15, 0.2) is 0 Å². The minimum Gasteiger partial charge on any atom is -0.358 e. The molecule has 1 aromatic carbocycles. The topological polar surface area (TPSA) is 35.9 Å². The first-order valence-corrected chi connectivity index (χ1v) is 12.0. The SMILES string of the molecule is O=C(CSC(=S)N1CCCCC1)N1N=C(c2cccs2)CC1c1ccc(F)cc1. The lowest BCUT2D eigenvalue weighted by Crippen LogP contribution is -2.34. The number of likely N-dealkylation sites (tertiary alicyclic amines) is 1. The van der Waals surface area contributed by atoms with Crippen molar-refractivity contribution in [1.29, 1.82) is 0 Å². The van der Waals surface area contributed by atoms with Crippen LogP contribution in [0.25, 0.3) is 0 Å². The van der Waals surface area contributed by atoms with Gasteiger partial charge in [0.25, 0.3) is 5.91 Å². The number of hydrazone groups is 1. The second kappa shape index (κ2) is 9.36. The molecule has 4 nitrogen and oxygen atoms in total. The van der Waals surface area contributed by atoms with Gasteiger partial charge in [-0.05, 0) is 48.4 Å². The van der Waals surface area contributed by atoms with Gasteiger partial charge in [-0.25, -0.2) is 9.40 Å². The zero-order chi connectivity index (χ0) is 20.2. The minimum atomic E-state index is -0.286. The summed E-state index contributed by atoms with van der Waals surface area (Å²) in [7, 11) is 0. The van der Waals surface area contributed by atoms with E-state index < -0.39 is 0 Å². The van der Waals surface area contributed by atoms with E-state index in [1.54, 1.807) is 28.5 Å². The number of carbonyl (C=O) groups is 1. The Kier molecular flexibility index (Phi) is 6.62. The van der Waals surface area contributed by atoms with Crippen molar-refractivity contribution < 1.29 is 9.18 Å². The molecule has 1 unspecified atom stereocenters. The molecule has 2 aliphatic rings. The van der Waals surface area contributed by atoms with Gasteiger partial charge >= 0.3 is 0 Å². The van der Waals surface area contributed by atoms with Crippen LogP contribution in [0.1, 0.15) is 42.2 Å². The lowest BCUT2D eigenvalue weighted by atomic mass is 10.0. The molecule has 0 N–H and O–H groups in total. The molecule has 1 aromatic heterocycles. The Balaban J connectivity index is 1.48. The number of nitrogens with zero attached hydrogens (tertiary/aromatic N) is 3. The van der Waals surface area contributed by atoms with E-state index in [1.165, 1.54) is 30.3 Å². The molecule has 1 saturated heterocycles. The van der Waals surface area contributed by atoms with Crippen LogP contribution in [0.2, 0.25) is 0 Å². The quantitative estimate of drug-likeness (QED) is 0.613. The first-order chi connectivity index (χ1) is 14.1. The van der Waals surface area contributed by atoms with Crippen molar-refractivity contribution in [3.8, 4) is 0 Å². The highest BCUT2D eigenvalue weighted by atomic mass is 32.2. The molecule has 2 aliphatic heterocycles. The molecule has 0 bridgehead atoms. The van der Waals surface area contributed by atoms with Crippen molar-refractivity contribution in [3.05, 3.63) is 58.0 Å². The highest BCUT2D eigenvalue weighted by Crippen LogP contribution is 2.34. The zero-order valence-corrected chi connectivity index (χ0v) is 18.4. The van der Waals surface area contributed by atoms with Crippen LogP contribution < -0.4 is 0 Å². The maximum atomic E-state index is 13.4. The highest BCUT2D eigenvalue weighted by Gasteiger charge is 2.33. The maximum absolute atomic E-state index is 13.4. The van der Waals surface area contributed by atoms with Crippen molar-refractivity contribution >= 4 is 51.3 Å². The Morgan fingerprint density at radius 2 is 1.97 bits per heavy atom. The van der Waals surface area contributed by atoms with Crippen LogP contribution >= 0.6 is 35.3 Å². The second-order valence-corrected chi connectivity index (χ2v) is 9.69. The number of thioether (sulfide) groups is 1. The van der Waals surface area contributed by atoms with Gasteiger partial charge in [0.1, 0.15) is 10.1 Å². The van der Waals surface area contributed by atoms with Crippen LogP contribution in [0, 0.1) is 5.82 Å². The van der Waals surface area contributed by atoms with Gasteiger partial charge in [-0.3, -0.25) is 4.79 Å². The number of rotatable bonds is 4. The Morgan fingerprint density at radius 3 is 2.66 bits per heavy atom. The maximum Gasteiger partial charge on any atom is 0.253 e. The fraction of sp³-hybridized carbons (Fsp3) is 0.381. The molecular formula is C21H22FN3OS3. The Hall–Kier alpha value is -1.77. The van der Waals surface area contributed by atoms with Gasteiger partial charge in [-0.2, -0.15) is 5.10 Å². The van der Waals surface area contributed by atoms with Crippen molar-refractivity contribution in [2.45, 2.75) is 31.7 Å². The summed E-state index contributed by atoms with van der Waals surface area (Å²) in [6, 6.07) is 10.1. The number of piperidine rings is 1. The standard InChI is InChI=1S/C21H22FN3OS3/c22-16-8-6-15(7-9-16)18-13-17(19-5-4-12-28-19)23-25(18)20(26)14-29-21(27)24-10-2-1-3-11-24/h4-9,12,18H,1-3,10-11,13-14H2. The summed E-state index contributed by atoms with van der Waals surface area (Å²) in [4.78, 5) is 16.3. The molecule has 1 amide bonds. The van der Waals surface area contributed by atoms with Crippen LogP contribution in [0.15, 0.2) is 46.9 Å². The molecule has 8 heteroatoms. The highest BCUT2D eigenvalue weighted by molar-refractivity contribution is 8.23. The predicted molar refractivity (Wildman–Crippen MR) is 122 cm³/mol. The van der Waals surface area contributed by atoms with Crippen LogP contribution in [-0.4, -0.2) is 44.7 Å². The lowest BCUT2D eigenvalue weighted by Gasteiger charge is -2.29. The average molecular weight is 448 g/mol. The zero-order valence-electron chi connectivity index (χ0n) is 15.9. The summed E-state index contributed by atoms with van der Waals surface area (Å²) in [5.74, 6) is -0.101. The molecule has 3 heterocycles. The van der Waals surface area contributed by atoms with E-state index in [0.29, 0.717) is 6.42 Å². The number of hydrogen-bond donors (Lipinski definition) is 0. The molecule has 0 radical (unpaired) electrons. The summed E-state index contributed by atoms with van der Waals surface area (Å²) in [6.45, 7) is 1.95. The Labute approximate surface area is 183 Å². The van der Waals surface area contributed by atoms with Gasteiger partial charge in [0.2, 0.25) is 0 Å². The van der Waals surface area contributed by atoms with E-state index in [1.807, 2.05) is 17.5 Å². The lowest BCUT2D eigenvalue weighted by molar-refractivity contribution is -0.130. The van der Waals surface area contributed by atoms with Crippen LogP contribution in [0.4, 0.5) is 4.39 Å². The summed E-state index contributed by atoms with van der Waals surface area (Å²) in [5, 5.41) is 8.21. The first-order valence-electron chi connectivity index (χ1n) is 9.72. The number of thiocarbonyl (C=S) groups is 1. The van der Waals surface area contributed by atoms with Gasteiger partial charge < -0.3 is 4.90 Å². The van der Waals surface area contributed by atoms with Crippen LogP contribution in [-0.2, 0) is 4.79 Å². The van der Waals surface area contributed by atoms with Crippen molar-refractivity contribution in [2.75, 3.05) is 18.8 Å². The largest absolute Gasteiger partial charge is 0.358 e. The van der Waals surface area contributed by atoms with Crippen molar-refractivity contribution in [1.82, 2.24) is 9.91 Å². The number of amides is 1. The molecule has 1 atom stereocenters. The normalized spacial score (nSPS) is 19.3. The molecule has 4 rings (SSSR count). The smallest absolute Gasteiger partial charge is 0.253 e. The third-order valence-electron chi connectivity index (χ3n) is 5.16. The third-order valence-corrected chi connectivity index (χ3v) is 7.59. The average Bonchev–Trinajstić information content (AvgIpc) is 3.43. The fourth-order valence-electron chi connectivity index (χ4n) is 3.63. The monoisotopic (exact) mass is 447 g/mol. The minimum absolute atomic E-state index is 0.0739. The molecule has 0 spiro atoms. The van der Waals surface area contributed by atoms with Crippen molar-refractivity contribution in [3.63, 3.8) is 0 Å². The molecule has 29 heavy (non-hydrogen) atoms. The Bertz CT molecular complexity index is 892. The molecule has 2 aromatic rings. The van der Waals surface area contributed by atoms with E-state index >= 15 is 0 Å². The first kappa shape index (κ1) is 20.5. The molecule has 152 valence electrons. The Morgan fingerprint density at radius 1 is 1.21 bits per heavy atom. The molecular weight excluding hydrogens is 425 g/mol. The van der Waals surface area contributed by atoms with E-state index in [0.717, 1.165) is 46.4 Å². The predicted octanol–water partition coefficient (Wildman–Crippen LogP) is 5.07. The number of halogens is 1. The van der Waals surface area contributed by atoms with Gasteiger partial charge in [-0.1, -0.05) is 42.2 Å². The van der Waals surface area contributed by atoms with E-state index in [-0.39, 0.29) is 23.5 Å². The molecule has 0 aliphatic carbocycles. The summed E-state index contributed by atoms with van der Waals surface area (Å²) in [6.07, 6.45) is 4.18. The van der Waals surface area contributed by atoms with Gasteiger partial charge in [0, 0.05) is 19.5 Å². The number of hydrogen-bond acceptors (Lipinski definition) is 5. The van der Waals surface area contributed by atoms with Crippen LogP contribution in [0.3, 0.4) is 0 Å². The summed E-state index contributed by atoms with van der Waals surface area (Å²) in [5.41, 5.74) is 1.78. The van der Waals surface area contributed by atoms with Crippen LogP contribution in [0.5, 0.6) is 0 Å². The molecule has 1 fully saturated rings. The third kappa shape index (κ3) is 4.87. The van der Waals surface area contributed by atoms with E-state index in [4.69, 9.17) is 12.2 Å². The van der Waals surface area contributed by atoms with Gasteiger partial charge in [0.05, 0.1) is 22.4 Å². The number of thiophene rings is 1. The van der Waals surface area contributed by atoms with E-state index in [9.17, 15) is 9.18 Å². The molecule has 0 saturated carbocycles. The summed E-state index contributed by atoms with van der Waals surface area (Å²) < 4.78 is 14.2. The fourth-order valence-corrected chi connectivity index (χ4v) is 5.46. The number of carbonyl (C=O) groups excluding carboxylic acids is 1. The van der Waals surface area contributed by atoms with Gasteiger partial charge in [-0.15, -0.1) is 11.3 Å².